The van der Waals surface area contributed by atoms with Gasteiger partial charge >= 0.3 is 12.0 Å². The van der Waals surface area contributed by atoms with Crippen LogP contribution in [0.1, 0.15) is 44.9 Å². The van der Waals surface area contributed by atoms with Gasteiger partial charge in [-0.05, 0) is 70.5 Å². The number of hydrogen-bond acceptors (Lipinski definition) is 4. The number of nitrogens with one attached hydrogen (secondary N) is 2. The van der Waals surface area contributed by atoms with E-state index in [-0.39, 0.29) is 42.8 Å². The van der Waals surface area contributed by atoms with E-state index in [1.807, 2.05) is 4.90 Å². The molecule has 0 spiro atoms. The number of carboxylic acids is 1. The summed E-state index contributed by atoms with van der Waals surface area (Å²) < 4.78 is 0. The standard InChI is InChI=1S/C19H34N4O3.2ClH/c24-18(25)16-1-3-17(4-2-16)21-19(26)23-13-11-22(12-14-23)10-7-15-5-8-20-9-6-15;;/h15-17,20H,1-14H2,(H,21,26)(H,24,25);2*1H. The van der Waals surface area contributed by atoms with Gasteiger partial charge in [0.2, 0.25) is 0 Å². The monoisotopic (exact) mass is 438 g/mol. The van der Waals surface area contributed by atoms with E-state index in [4.69, 9.17) is 5.11 Å². The Bertz CT molecular complexity index is 476. The Morgan fingerprint density at radius 3 is 2.11 bits per heavy atom. The van der Waals surface area contributed by atoms with Crippen molar-refractivity contribution in [3.05, 3.63) is 0 Å². The predicted octanol–water partition coefficient (Wildman–Crippen LogP) is 2.19. The van der Waals surface area contributed by atoms with Crippen LogP contribution in [0.2, 0.25) is 0 Å². The Hall–Kier alpha value is -0.760. The fourth-order valence-electron chi connectivity index (χ4n) is 4.46. The van der Waals surface area contributed by atoms with Gasteiger partial charge in [-0.1, -0.05) is 0 Å². The number of rotatable bonds is 5. The summed E-state index contributed by atoms with van der Waals surface area (Å²) in [6.45, 7) is 6.98. The van der Waals surface area contributed by atoms with Crippen LogP contribution < -0.4 is 10.6 Å². The molecule has 1 aliphatic carbocycles. The quantitative estimate of drug-likeness (QED) is 0.612. The Morgan fingerprint density at radius 1 is 0.929 bits per heavy atom. The zero-order valence-electron chi connectivity index (χ0n) is 16.6. The van der Waals surface area contributed by atoms with Crippen molar-refractivity contribution in [2.24, 2.45) is 11.8 Å². The Morgan fingerprint density at radius 2 is 1.54 bits per heavy atom. The van der Waals surface area contributed by atoms with Gasteiger partial charge in [-0.3, -0.25) is 9.69 Å². The molecule has 9 heteroatoms. The molecule has 2 amide bonds. The second-order valence-corrected chi connectivity index (χ2v) is 8.15. The largest absolute Gasteiger partial charge is 0.481 e. The predicted molar refractivity (Wildman–Crippen MR) is 115 cm³/mol. The first kappa shape index (κ1) is 25.3. The van der Waals surface area contributed by atoms with Gasteiger partial charge in [0.25, 0.3) is 0 Å². The van der Waals surface area contributed by atoms with Gasteiger partial charge in [-0.2, -0.15) is 0 Å². The lowest BCUT2D eigenvalue weighted by Gasteiger charge is -2.37. The van der Waals surface area contributed by atoms with Crippen LogP contribution in [0.15, 0.2) is 0 Å². The minimum absolute atomic E-state index is 0. The summed E-state index contributed by atoms with van der Waals surface area (Å²) >= 11 is 0. The number of piperidine rings is 1. The van der Waals surface area contributed by atoms with Crippen LogP contribution in [0.3, 0.4) is 0 Å². The summed E-state index contributed by atoms with van der Waals surface area (Å²) in [5.74, 6) is -0.0689. The molecule has 3 rings (SSSR count). The molecule has 3 aliphatic rings. The first-order valence-electron chi connectivity index (χ1n) is 10.3. The molecule has 2 aliphatic heterocycles. The molecule has 0 radical (unpaired) electrons. The Labute approximate surface area is 180 Å². The van der Waals surface area contributed by atoms with E-state index in [0.29, 0.717) is 12.8 Å². The molecule has 3 fully saturated rings. The van der Waals surface area contributed by atoms with E-state index in [9.17, 15) is 9.59 Å². The van der Waals surface area contributed by atoms with Gasteiger partial charge < -0.3 is 20.6 Å². The van der Waals surface area contributed by atoms with Crippen LogP contribution in [0.4, 0.5) is 4.79 Å². The molecule has 0 bridgehead atoms. The third-order valence-corrected chi connectivity index (χ3v) is 6.38. The first-order chi connectivity index (χ1) is 12.6. The van der Waals surface area contributed by atoms with Crippen LogP contribution in [-0.2, 0) is 4.79 Å². The number of amides is 2. The van der Waals surface area contributed by atoms with Crippen molar-refractivity contribution >= 4 is 36.8 Å². The van der Waals surface area contributed by atoms with Crippen LogP contribution in [-0.4, -0.2) is 78.8 Å². The number of piperazine rings is 1. The fraction of sp³-hybridized carbons (Fsp3) is 0.895. The van der Waals surface area contributed by atoms with Gasteiger partial charge in [-0.15, -0.1) is 24.8 Å². The van der Waals surface area contributed by atoms with Gasteiger partial charge in [0.15, 0.2) is 0 Å². The van der Waals surface area contributed by atoms with E-state index in [1.54, 1.807) is 0 Å². The highest BCUT2D eigenvalue weighted by molar-refractivity contribution is 5.85. The minimum atomic E-state index is -0.699. The molecule has 0 aromatic heterocycles. The maximum atomic E-state index is 12.5. The van der Waals surface area contributed by atoms with Crippen molar-refractivity contribution in [2.45, 2.75) is 51.0 Å². The smallest absolute Gasteiger partial charge is 0.317 e. The highest BCUT2D eigenvalue weighted by Gasteiger charge is 2.28. The summed E-state index contributed by atoms with van der Waals surface area (Å²) in [5.41, 5.74) is 0. The number of carbonyl (C=O) groups excluding carboxylic acids is 1. The van der Waals surface area contributed by atoms with Gasteiger partial charge in [-0.25, -0.2) is 4.79 Å². The zero-order chi connectivity index (χ0) is 18.4. The molecule has 164 valence electrons. The van der Waals surface area contributed by atoms with Gasteiger partial charge in [0, 0.05) is 32.2 Å². The highest BCUT2D eigenvalue weighted by atomic mass is 35.5. The molecule has 1 saturated carbocycles. The van der Waals surface area contributed by atoms with E-state index >= 15 is 0 Å². The lowest BCUT2D eigenvalue weighted by atomic mass is 9.86. The first-order valence-corrected chi connectivity index (χ1v) is 10.3. The number of nitrogens with zero attached hydrogens (tertiary/aromatic N) is 2. The number of hydrogen-bond donors (Lipinski definition) is 3. The third kappa shape index (κ3) is 7.58. The summed E-state index contributed by atoms with van der Waals surface area (Å²) in [6, 6.07) is 0.165. The molecule has 3 N–H and O–H groups in total. The lowest BCUT2D eigenvalue weighted by Crippen LogP contribution is -2.54. The molecular formula is C19H36Cl2N4O3. The lowest BCUT2D eigenvalue weighted by molar-refractivity contribution is -0.142. The molecule has 7 nitrogen and oxygen atoms in total. The number of halogens is 2. The number of aliphatic carboxylic acids is 1. The summed E-state index contributed by atoms with van der Waals surface area (Å²) in [4.78, 5) is 27.9. The zero-order valence-corrected chi connectivity index (χ0v) is 18.2. The molecule has 0 aromatic carbocycles. The van der Waals surface area contributed by atoms with Crippen molar-refractivity contribution in [1.82, 2.24) is 20.4 Å². The van der Waals surface area contributed by atoms with E-state index in [1.165, 1.54) is 19.3 Å². The number of carboxylic acid groups (broad SMARTS) is 1. The Balaban J connectivity index is 0.00000196. The number of urea groups is 1. The third-order valence-electron chi connectivity index (χ3n) is 6.38. The molecular weight excluding hydrogens is 403 g/mol. The van der Waals surface area contributed by atoms with Crippen molar-refractivity contribution in [1.29, 1.82) is 0 Å². The summed E-state index contributed by atoms with van der Waals surface area (Å²) in [5, 5.41) is 15.6. The normalized spacial score (nSPS) is 26.6. The second kappa shape index (κ2) is 12.7. The maximum absolute atomic E-state index is 12.5. The van der Waals surface area contributed by atoms with E-state index in [2.05, 4.69) is 15.5 Å². The summed E-state index contributed by atoms with van der Waals surface area (Å²) in [7, 11) is 0. The molecule has 2 saturated heterocycles. The fourth-order valence-corrected chi connectivity index (χ4v) is 4.46. The van der Waals surface area contributed by atoms with E-state index in [0.717, 1.165) is 64.6 Å². The second-order valence-electron chi connectivity index (χ2n) is 8.15. The average Bonchev–Trinajstić information content (AvgIpc) is 2.68. The molecule has 28 heavy (non-hydrogen) atoms. The van der Waals surface area contributed by atoms with Crippen LogP contribution in [0, 0.1) is 11.8 Å². The molecule has 2 heterocycles. The molecule has 0 unspecified atom stereocenters. The topological polar surface area (TPSA) is 84.9 Å². The van der Waals surface area contributed by atoms with Gasteiger partial charge in [0.05, 0.1) is 5.92 Å². The van der Waals surface area contributed by atoms with Crippen molar-refractivity contribution in [2.75, 3.05) is 45.8 Å². The van der Waals surface area contributed by atoms with Crippen molar-refractivity contribution in [3.8, 4) is 0 Å². The average molecular weight is 439 g/mol. The molecule has 0 aromatic rings. The summed E-state index contributed by atoms with van der Waals surface area (Å²) in [6.07, 6.45) is 6.77. The van der Waals surface area contributed by atoms with Crippen LogP contribution >= 0.6 is 24.8 Å². The van der Waals surface area contributed by atoms with Crippen molar-refractivity contribution in [3.63, 3.8) is 0 Å². The van der Waals surface area contributed by atoms with Crippen LogP contribution in [0.25, 0.3) is 0 Å². The maximum Gasteiger partial charge on any atom is 0.317 e. The Kier molecular flexibility index (Phi) is 11.5. The molecule has 0 atom stereocenters. The highest BCUT2D eigenvalue weighted by Crippen LogP contribution is 2.24. The van der Waals surface area contributed by atoms with Crippen LogP contribution in [0.5, 0.6) is 0 Å². The van der Waals surface area contributed by atoms with Gasteiger partial charge in [0.1, 0.15) is 0 Å². The van der Waals surface area contributed by atoms with Crippen molar-refractivity contribution < 1.29 is 14.7 Å². The SMILES string of the molecule is Cl.Cl.O=C(O)C1CCC(NC(=O)N2CCN(CCC3CCNCC3)CC2)CC1. The number of carbonyl (C=O) groups is 2. The minimum Gasteiger partial charge on any atom is -0.481 e. The van der Waals surface area contributed by atoms with E-state index < -0.39 is 5.97 Å².